The molecule has 2 aliphatic heterocycles. The number of rotatable bonds is 3. The van der Waals surface area contributed by atoms with E-state index in [1.54, 1.807) is 0 Å². The van der Waals surface area contributed by atoms with E-state index in [1.165, 1.54) is 11.3 Å². The van der Waals surface area contributed by atoms with Crippen LogP contribution in [0.3, 0.4) is 0 Å². The van der Waals surface area contributed by atoms with Gasteiger partial charge in [-0.15, -0.1) is 0 Å². The Morgan fingerprint density at radius 2 is 2.10 bits per heavy atom. The van der Waals surface area contributed by atoms with Crippen LogP contribution >= 0.6 is 0 Å². The number of nitrogens with one attached hydrogen (secondary N) is 2. The van der Waals surface area contributed by atoms with Crippen LogP contribution in [0.15, 0.2) is 24.3 Å². The largest absolute Gasteiger partial charge is 0.382 e. The molecule has 0 bridgehead atoms. The number of piperidine rings is 1. The van der Waals surface area contributed by atoms with Gasteiger partial charge in [-0.3, -0.25) is 4.79 Å². The molecule has 1 aromatic carbocycles. The van der Waals surface area contributed by atoms with Crippen molar-refractivity contribution in [2.24, 2.45) is 5.92 Å². The van der Waals surface area contributed by atoms with Crippen molar-refractivity contribution in [2.45, 2.75) is 32.2 Å². The summed E-state index contributed by atoms with van der Waals surface area (Å²) in [5, 5.41) is 6.88. The molecule has 2 saturated heterocycles. The second-order valence-corrected chi connectivity index (χ2v) is 6.30. The minimum Gasteiger partial charge on any atom is -0.382 e. The quantitative estimate of drug-likeness (QED) is 0.894. The summed E-state index contributed by atoms with van der Waals surface area (Å²) in [6.45, 7) is 5.74. The van der Waals surface area contributed by atoms with E-state index >= 15 is 0 Å². The van der Waals surface area contributed by atoms with Crippen LogP contribution < -0.4 is 10.6 Å². The number of hydrogen-bond donors (Lipinski definition) is 2. The molecule has 3 rings (SSSR count). The molecule has 0 aromatic heterocycles. The Kier molecular flexibility index (Phi) is 4.44. The zero-order valence-corrected chi connectivity index (χ0v) is 12.8. The number of benzene rings is 1. The van der Waals surface area contributed by atoms with Gasteiger partial charge in [0.25, 0.3) is 0 Å². The van der Waals surface area contributed by atoms with E-state index in [0.717, 1.165) is 45.4 Å². The summed E-state index contributed by atoms with van der Waals surface area (Å²) in [4.78, 5) is 14.4. The van der Waals surface area contributed by atoms with Crippen LogP contribution in [0.5, 0.6) is 0 Å². The highest BCUT2D eigenvalue weighted by Crippen LogP contribution is 2.20. The number of anilines is 1. The van der Waals surface area contributed by atoms with Gasteiger partial charge in [0.2, 0.25) is 5.91 Å². The maximum atomic E-state index is 12.4. The normalized spacial score (nSPS) is 23.3. The predicted octanol–water partition coefficient (Wildman–Crippen LogP) is 2.01. The fraction of sp³-hybridized carbons (Fsp3) is 0.588. The molecule has 0 radical (unpaired) electrons. The first-order valence-electron chi connectivity index (χ1n) is 8.05. The van der Waals surface area contributed by atoms with Crippen LogP contribution in [0, 0.1) is 12.8 Å². The van der Waals surface area contributed by atoms with E-state index in [-0.39, 0.29) is 5.92 Å². The highest BCUT2D eigenvalue weighted by Gasteiger charge is 2.29. The lowest BCUT2D eigenvalue weighted by Crippen LogP contribution is -2.45. The SMILES string of the molecule is Cc1cccc(NC2CCN(C(=O)C3CCNC3)CC2)c1. The molecule has 4 nitrogen and oxygen atoms in total. The van der Waals surface area contributed by atoms with Crippen molar-refractivity contribution < 1.29 is 4.79 Å². The molecule has 0 aliphatic carbocycles. The van der Waals surface area contributed by atoms with E-state index in [4.69, 9.17) is 0 Å². The smallest absolute Gasteiger partial charge is 0.227 e. The molecule has 21 heavy (non-hydrogen) atoms. The van der Waals surface area contributed by atoms with E-state index in [9.17, 15) is 4.79 Å². The van der Waals surface area contributed by atoms with Crippen LogP contribution in [0.2, 0.25) is 0 Å². The number of carbonyl (C=O) groups excluding carboxylic acids is 1. The molecule has 114 valence electrons. The van der Waals surface area contributed by atoms with Crippen LogP contribution in [0.25, 0.3) is 0 Å². The topological polar surface area (TPSA) is 44.4 Å². The summed E-state index contributed by atoms with van der Waals surface area (Å²) in [6.07, 6.45) is 3.08. The van der Waals surface area contributed by atoms with Gasteiger partial charge in [-0.2, -0.15) is 0 Å². The van der Waals surface area contributed by atoms with E-state index in [1.807, 2.05) is 0 Å². The molecule has 1 atom stereocenters. The Bertz CT molecular complexity index is 489. The summed E-state index contributed by atoms with van der Waals surface area (Å²) in [7, 11) is 0. The van der Waals surface area contributed by atoms with Crippen molar-refractivity contribution in [1.29, 1.82) is 0 Å². The van der Waals surface area contributed by atoms with E-state index < -0.39 is 0 Å². The van der Waals surface area contributed by atoms with Gasteiger partial charge in [0.1, 0.15) is 0 Å². The molecule has 2 heterocycles. The van der Waals surface area contributed by atoms with Crippen molar-refractivity contribution >= 4 is 11.6 Å². The zero-order valence-electron chi connectivity index (χ0n) is 12.8. The van der Waals surface area contributed by atoms with E-state index in [2.05, 4.69) is 46.7 Å². The lowest BCUT2D eigenvalue weighted by Gasteiger charge is -2.34. The molecule has 1 amide bonds. The Morgan fingerprint density at radius 3 is 2.76 bits per heavy atom. The number of carbonyl (C=O) groups is 1. The fourth-order valence-corrected chi connectivity index (χ4v) is 3.34. The number of hydrogen-bond acceptors (Lipinski definition) is 3. The summed E-state index contributed by atoms with van der Waals surface area (Å²) in [6, 6.07) is 8.99. The van der Waals surface area contributed by atoms with Crippen molar-refractivity contribution in [3.05, 3.63) is 29.8 Å². The van der Waals surface area contributed by atoms with Gasteiger partial charge in [-0.05, 0) is 50.4 Å². The minimum absolute atomic E-state index is 0.214. The monoisotopic (exact) mass is 287 g/mol. The molecule has 0 spiro atoms. The highest BCUT2D eigenvalue weighted by molar-refractivity contribution is 5.79. The van der Waals surface area contributed by atoms with Gasteiger partial charge >= 0.3 is 0 Å². The van der Waals surface area contributed by atoms with Crippen molar-refractivity contribution in [1.82, 2.24) is 10.2 Å². The first-order chi connectivity index (χ1) is 10.2. The van der Waals surface area contributed by atoms with Gasteiger partial charge in [-0.25, -0.2) is 0 Å². The maximum Gasteiger partial charge on any atom is 0.227 e. The van der Waals surface area contributed by atoms with Gasteiger partial charge in [0, 0.05) is 31.4 Å². The number of amides is 1. The van der Waals surface area contributed by atoms with Gasteiger partial charge < -0.3 is 15.5 Å². The van der Waals surface area contributed by atoms with Crippen LogP contribution in [0.1, 0.15) is 24.8 Å². The molecule has 2 N–H and O–H groups in total. The Hall–Kier alpha value is -1.55. The standard InChI is InChI=1S/C17H25N3O/c1-13-3-2-4-16(11-13)19-15-6-9-20(10-7-15)17(21)14-5-8-18-12-14/h2-4,11,14-15,18-19H,5-10,12H2,1H3. The molecular weight excluding hydrogens is 262 g/mol. The molecule has 1 aromatic rings. The number of nitrogens with zero attached hydrogens (tertiary/aromatic N) is 1. The zero-order chi connectivity index (χ0) is 14.7. The van der Waals surface area contributed by atoms with Crippen molar-refractivity contribution in [3.63, 3.8) is 0 Å². The Labute approximate surface area is 126 Å². The van der Waals surface area contributed by atoms with Crippen LogP contribution in [0.4, 0.5) is 5.69 Å². The first kappa shape index (κ1) is 14.4. The second kappa shape index (κ2) is 6.48. The molecule has 4 heteroatoms. The summed E-state index contributed by atoms with van der Waals surface area (Å²) >= 11 is 0. The second-order valence-electron chi connectivity index (χ2n) is 6.30. The third-order valence-electron chi connectivity index (χ3n) is 4.61. The van der Waals surface area contributed by atoms with Crippen LogP contribution in [-0.2, 0) is 4.79 Å². The van der Waals surface area contributed by atoms with Crippen molar-refractivity contribution in [3.8, 4) is 0 Å². The molecule has 1 unspecified atom stereocenters. The number of aryl methyl sites for hydroxylation is 1. The molecule has 2 aliphatic rings. The molecule has 2 fully saturated rings. The molecular formula is C17H25N3O. The third-order valence-corrected chi connectivity index (χ3v) is 4.61. The lowest BCUT2D eigenvalue weighted by atomic mass is 10.0. The third kappa shape index (κ3) is 3.56. The fourth-order valence-electron chi connectivity index (χ4n) is 3.34. The van der Waals surface area contributed by atoms with E-state index in [0.29, 0.717) is 11.9 Å². The summed E-state index contributed by atoms with van der Waals surface area (Å²) in [5.41, 5.74) is 2.47. The van der Waals surface area contributed by atoms with Crippen LogP contribution in [-0.4, -0.2) is 43.0 Å². The first-order valence-corrected chi connectivity index (χ1v) is 8.05. The number of likely N-dealkylation sites (tertiary alicyclic amines) is 1. The lowest BCUT2D eigenvalue weighted by molar-refractivity contribution is -0.135. The van der Waals surface area contributed by atoms with Gasteiger partial charge in [-0.1, -0.05) is 12.1 Å². The average molecular weight is 287 g/mol. The average Bonchev–Trinajstić information content (AvgIpc) is 3.01. The molecule has 0 saturated carbocycles. The van der Waals surface area contributed by atoms with Crippen molar-refractivity contribution in [2.75, 3.05) is 31.5 Å². The predicted molar refractivity (Wildman–Crippen MR) is 85.4 cm³/mol. The van der Waals surface area contributed by atoms with Gasteiger partial charge in [0.05, 0.1) is 5.92 Å². The Morgan fingerprint density at radius 1 is 1.29 bits per heavy atom. The Balaban J connectivity index is 1.49. The highest BCUT2D eigenvalue weighted by atomic mass is 16.2. The minimum atomic E-state index is 0.214. The summed E-state index contributed by atoms with van der Waals surface area (Å²) in [5.74, 6) is 0.570. The van der Waals surface area contributed by atoms with Gasteiger partial charge in [0.15, 0.2) is 0 Å². The maximum absolute atomic E-state index is 12.4. The summed E-state index contributed by atoms with van der Waals surface area (Å²) < 4.78 is 0.